The fraction of sp³-hybridized carbons (Fsp3) is 0.333. The second kappa shape index (κ2) is 6.17. The Balaban J connectivity index is 2.26. The van der Waals surface area contributed by atoms with Crippen LogP contribution >= 0.6 is 11.8 Å². The molecule has 4 heteroatoms. The Labute approximate surface area is 118 Å². The van der Waals surface area contributed by atoms with Crippen LogP contribution < -0.4 is 10.5 Å². The van der Waals surface area contributed by atoms with E-state index in [1.54, 1.807) is 11.8 Å². The van der Waals surface area contributed by atoms with Crippen molar-refractivity contribution in [3.8, 4) is 5.75 Å². The molecular weight excluding hydrogens is 258 g/mol. The van der Waals surface area contributed by atoms with Gasteiger partial charge >= 0.3 is 0 Å². The van der Waals surface area contributed by atoms with E-state index in [0.717, 1.165) is 22.2 Å². The minimum Gasteiger partial charge on any atom is -0.480 e. The molecule has 0 saturated carbocycles. The Morgan fingerprint density at radius 1 is 1.21 bits per heavy atom. The van der Waals surface area contributed by atoms with Crippen molar-refractivity contribution in [1.82, 2.24) is 0 Å². The quantitative estimate of drug-likeness (QED) is 0.845. The van der Waals surface area contributed by atoms with Crippen LogP contribution in [0.1, 0.15) is 24.5 Å². The van der Waals surface area contributed by atoms with E-state index in [4.69, 9.17) is 14.9 Å². The maximum Gasteiger partial charge on any atom is 0.171 e. The molecule has 19 heavy (non-hydrogen) atoms. The molecule has 0 aliphatic heterocycles. The highest BCUT2D eigenvalue weighted by Crippen LogP contribution is 2.32. The van der Waals surface area contributed by atoms with E-state index in [1.165, 1.54) is 0 Å². The van der Waals surface area contributed by atoms with Gasteiger partial charge in [0, 0.05) is 10.9 Å². The number of hydrogen-bond acceptors (Lipinski definition) is 4. The van der Waals surface area contributed by atoms with Crippen LogP contribution in [-0.4, -0.2) is 12.3 Å². The maximum absolute atomic E-state index is 6.06. The van der Waals surface area contributed by atoms with E-state index < -0.39 is 0 Å². The average molecular weight is 277 g/mol. The second-order valence-electron chi connectivity index (χ2n) is 4.50. The number of benzene rings is 1. The van der Waals surface area contributed by atoms with Crippen LogP contribution in [0.25, 0.3) is 0 Å². The Hall–Kier alpha value is -1.39. The highest BCUT2D eigenvalue weighted by molar-refractivity contribution is 7.98. The molecule has 1 heterocycles. The number of para-hydroxylation sites is 1. The summed E-state index contributed by atoms with van der Waals surface area (Å²) in [5, 5.41) is 0. The van der Waals surface area contributed by atoms with E-state index in [9.17, 15) is 0 Å². The third kappa shape index (κ3) is 3.33. The molecule has 2 aromatic rings. The van der Waals surface area contributed by atoms with Gasteiger partial charge in [-0.15, -0.1) is 11.8 Å². The van der Waals surface area contributed by atoms with Crippen molar-refractivity contribution in [3.63, 3.8) is 0 Å². The molecule has 0 radical (unpaired) electrons. The van der Waals surface area contributed by atoms with Gasteiger partial charge in [-0.05, 0) is 44.4 Å². The molecule has 0 amide bonds. The maximum atomic E-state index is 6.06. The number of aryl methyl sites for hydroxylation is 1. The minimum atomic E-state index is -0.276. The lowest BCUT2D eigenvalue weighted by Gasteiger charge is -2.21. The van der Waals surface area contributed by atoms with Crippen molar-refractivity contribution in [2.45, 2.75) is 30.9 Å². The molecule has 3 nitrogen and oxygen atoms in total. The first-order chi connectivity index (χ1) is 9.11. The molecular formula is C15H19NO2S. The van der Waals surface area contributed by atoms with Crippen molar-refractivity contribution in [2.24, 2.45) is 5.73 Å². The SMILES string of the molecule is CSc1ccccc1OC(c1ccc(C)o1)C(C)N. The van der Waals surface area contributed by atoms with E-state index >= 15 is 0 Å². The van der Waals surface area contributed by atoms with Crippen molar-refractivity contribution >= 4 is 11.8 Å². The zero-order chi connectivity index (χ0) is 13.8. The first-order valence-electron chi connectivity index (χ1n) is 6.23. The lowest BCUT2D eigenvalue weighted by molar-refractivity contribution is 0.148. The molecule has 0 saturated heterocycles. The van der Waals surface area contributed by atoms with Crippen molar-refractivity contribution in [3.05, 3.63) is 47.9 Å². The first kappa shape index (κ1) is 14.0. The summed E-state index contributed by atoms with van der Waals surface area (Å²) in [6.07, 6.45) is 1.75. The number of thioether (sulfide) groups is 1. The highest BCUT2D eigenvalue weighted by Gasteiger charge is 2.22. The lowest BCUT2D eigenvalue weighted by atomic mass is 10.1. The third-order valence-corrected chi connectivity index (χ3v) is 3.62. The standard InChI is InChI=1S/C15H19NO2S/c1-10-8-9-13(17-10)15(11(2)16)18-12-6-4-5-7-14(12)19-3/h4-9,11,15H,16H2,1-3H3. The Bertz CT molecular complexity index is 536. The summed E-state index contributed by atoms with van der Waals surface area (Å²) in [6.45, 7) is 3.84. The van der Waals surface area contributed by atoms with Gasteiger partial charge in [0.1, 0.15) is 17.3 Å². The van der Waals surface area contributed by atoms with Crippen molar-refractivity contribution in [2.75, 3.05) is 6.26 Å². The molecule has 0 aliphatic rings. The molecule has 0 aliphatic carbocycles. The van der Waals surface area contributed by atoms with Crippen LogP contribution in [0.3, 0.4) is 0 Å². The molecule has 0 bridgehead atoms. The summed E-state index contributed by atoms with van der Waals surface area (Å²) in [5.41, 5.74) is 6.03. The third-order valence-electron chi connectivity index (χ3n) is 2.84. The van der Waals surface area contributed by atoms with Gasteiger partial charge in [-0.2, -0.15) is 0 Å². The Kier molecular flexibility index (Phi) is 4.56. The number of furan rings is 1. The van der Waals surface area contributed by atoms with E-state index in [0.29, 0.717) is 0 Å². The Morgan fingerprint density at radius 3 is 2.53 bits per heavy atom. The number of nitrogens with two attached hydrogens (primary N) is 1. The van der Waals surface area contributed by atoms with Gasteiger partial charge in [0.15, 0.2) is 6.10 Å². The number of rotatable bonds is 5. The number of hydrogen-bond donors (Lipinski definition) is 1. The molecule has 0 spiro atoms. The summed E-state index contributed by atoms with van der Waals surface area (Å²) >= 11 is 1.65. The molecule has 102 valence electrons. The average Bonchev–Trinajstić information content (AvgIpc) is 2.82. The molecule has 2 atom stereocenters. The predicted octanol–water partition coefficient (Wildman–Crippen LogP) is 3.78. The van der Waals surface area contributed by atoms with Crippen LogP contribution in [0, 0.1) is 6.92 Å². The molecule has 2 N–H and O–H groups in total. The van der Waals surface area contributed by atoms with Gasteiger partial charge < -0.3 is 14.9 Å². The number of ether oxygens (including phenoxy) is 1. The largest absolute Gasteiger partial charge is 0.480 e. The van der Waals surface area contributed by atoms with Crippen molar-refractivity contribution < 1.29 is 9.15 Å². The van der Waals surface area contributed by atoms with Gasteiger partial charge in [-0.3, -0.25) is 0 Å². The normalized spacial score (nSPS) is 14.1. The van der Waals surface area contributed by atoms with Gasteiger partial charge in [0.25, 0.3) is 0 Å². The van der Waals surface area contributed by atoms with E-state index in [2.05, 4.69) is 0 Å². The highest BCUT2D eigenvalue weighted by atomic mass is 32.2. The molecule has 1 aromatic heterocycles. The minimum absolute atomic E-state index is 0.152. The predicted molar refractivity (Wildman–Crippen MR) is 78.7 cm³/mol. The molecule has 1 aromatic carbocycles. The van der Waals surface area contributed by atoms with E-state index in [-0.39, 0.29) is 12.1 Å². The molecule has 2 unspecified atom stereocenters. The van der Waals surface area contributed by atoms with Gasteiger partial charge in [0.2, 0.25) is 0 Å². The van der Waals surface area contributed by atoms with Crippen molar-refractivity contribution in [1.29, 1.82) is 0 Å². The second-order valence-corrected chi connectivity index (χ2v) is 5.34. The van der Waals surface area contributed by atoms with Gasteiger partial charge in [-0.1, -0.05) is 12.1 Å². The van der Waals surface area contributed by atoms with Gasteiger partial charge in [0.05, 0.1) is 0 Å². The summed E-state index contributed by atoms with van der Waals surface area (Å²) in [6, 6.07) is 11.6. The molecule has 0 fully saturated rings. The van der Waals surface area contributed by atoms with Crippen LogP contribution in [0.5, 0.6) is 5.75 Å². The van der Waals surface area contributed by atoms with Crippen LogP contribution in [0.4, 0.5) is 0 Å². The summed E-state index contributed by atoms with van der Waals surface area (Å²) in [5.74, 6) is 2.47. The van der Waals surface area contributed by atoms with Gasteiger partial charge in [-0.25, -0.2) is 0 Å². The fourth-order valence-electron chi connectivity index (χ4n) is 1.88. The zero-order valence-electron chi connectivity index (χ0n) is 11.4. The smallest absolute Gasteiger partial charge is 0.171 e. The zero-order valence-corrected chi connectivity index (χ0v) is 12.2. The van der Waals surface area contributed by atoms with Crippen LogP contribution in [0.15, 0.2) is 45.7 Å². The first-order valence-corrected chi connectivity index (χ1v) is 7.46. The molecule has 2 rings (SSSR count). The summed E-state index contributed by atoms with van der Waals surface area (Å²) in [4.78, 5) is 1.09. The van der Waals surface area contributed by atoms with Crippen LogP contribution in [0.2, 0.25) is 0 Å². The summed E-state index contributed by atoms with van der Waals surface area (Å²) < 4.78 is 11.7. The summed E-state index contributed by atoms with van der Waals surface area (Å²) in [7, 11) is 0. The van der Waals surface area contributed by atoms with Crippen LogP contribution in [-0.2, 0) is 0 Å². The van der Waals surface area contributed by atoms with E-state index in [1.807, 2.05) is 56.5 Å². The monoisotopic (exact) mass is 277 g/mol. The Morgan fingerprint density at radius 2 is 1.95 bits per heavy atom. The lowest BCUT2D eigenvalue weighted by Crippen LogP contribution is -2.28. The topological polar surface area (TPSA) is 48.4 Å². The fourth-order valence-corrected chi connectivity index (χ4v) is 2.42.